The van der Waals surface area contributed by atoms with Gasteiger partial charge in [0.1, 0.15) is 29.2 Å². The van der Waals surface area contributed by atoms with E-state index in [1.807, 2.05) is 19.1 Å². The number of ether oxygens (including phenoxy) is 2. The van der Waals surface area contributed by atoms with Crippen molar-refractivity contribution in [3.05, 3.63) is 100 Å². The van der Waals surface area contributed by atoms with Crippen molar-refractivity contribution in [2.24, 2.45) is 0 Å². The van der Waals surface area contributed by atoms with E-state index < -0.39 is 11.8 Å². The quantitative estimate of drug-likeness (QED) is 0.352. The van der Waals surface area contributed by atoms with Crippen LogP contribution in [0.3, 0.4) is 0 Å². The summed E-state index contributed by atoms with van der Waals surface area (Å²) in [4.78, 5) is 24.8. The maximum absolute atomic E-state index is 13.3. The van der Waals surface area contributed by atoms with Crippen LogP contribution in [0.25, 0.3) is 11.0 Å². The van der Waals surface area contributed by atoms with Crippen LogP contribution in [0.2, 0.25) is 0 Å². The van der Waals surface area contributed by atoms with Gasteiger partial charge in [-0.05, 0) is 49.4 Å². The van der Waals surface area contributed by atoms with Gasteiger partial charge in [0, 0.05) is 6.07 Å². The Hall–Kier alpha value is -3.93. The van der Waals surface area contributed by atoms with Gasteiger partial charge in [0.25, 0.3) is 0 Å². The topological polar surface area (TPSA) is 65.7 Å². The smallest absolute Gasteiger partial charge is 0.343 e. The molecule has 0 amide bonds. The summed E-state index contributed by atoms with van der Waals surface area (Å²) in [5.41, 5.74) is 1.03. The number of fused-ring (bicyclic) bond motifs is 1. The number of benzene rings is 3. The first-order valence-electron chi connectivity index (χ1n) is 8.77. The van der Waals surface area contributed by atoms with E-state index in [2.05, 4.69) is 0 Å². The van der Waals surface area contributed by atoms with Crippen LogP contribution in [0, 0.1) is 12.7 Å². The number of carbonyl (C=O) groups is 1. The summed E-state index contributed by atoms with van der Waals surface area (Å²) in [6.07, 6.45) is 1.21. The number of aryl methyl sites for hydroxylation is 1. The molecule has 0 bridgehead atoms. The zero-order valence-electron chi connectivity index (χ0n) is 15.3. The highest BCUT2D eigenvalue weighted by Crippen LogP contribution is 2.24. The zero-order chi connectivity index (χ0) is 20.4. The molecule has 0 aliphatic heterocycles. The van der Waals surface area contributed by atoms with Crippen molar-refractivity contribution in [2.75, 3.05) is 0 Å². The highest BCUT2D eigenvalue weighted by atomic mass is 19.1. The van der Waals surface area contributed by atoms with Gasteiger partial charge in [0.2, 0.25) is 11.2 Å². The predicted molar refractivity (Wildman–Crippen MR) is 105 cm³/mol. The fourth-order valence-corrected chi connectivity index (χ4v) is 2.74. The van der Waals surface area contributed by atoms with E-state index in [0.29, 0.717) is 5.75 Å². The van der Waals surface area contributed by atoms with Gasteiger partial charge in [-0.2, -0.15) is 0 Å². The number of hydrogen-bond donors (Lipinski definition) is 0. The lowest BCUT2D eigenvalue weighted by Gasteiger charge is -2.07. The highest BCUT2D eigenvalue weighted by molar-refractivity contribution is 5.91. The molecule has 0 fully saturated rings. The van der Waals surface area contributed by atoms with Crippen LogP contribution in [0.15, 0.2) is 82.2 Å². The van der Waals surface area contributed by atoms with E-state index in [1.165, 1.54) is 42.7 Å². The van der Waals surface area contributed by atoms with Crippen LogP contribution >= 0.6 is 0 Å². The number of hydrogen-bond acceptors (Lipinski definition) is 5. The fraction of sp³-hybridized carbons (Fsp3) is 0.0435. The molecule has 0 aliphatic rings. The summed E-state index contributed by atoms with van der Waals surface area (Å²) in [7, 11) is 0. The van der Waals surface area contributed by atoms with Crippen LogP contribution in [-0.2, 0) is 0 Å². The Morgan fingerprint density at radius 2 is 1.72 bits per heavy atom. The molecule has 144 valence electrons. The average molecular weight is 390 g/mol. The van der Waals surface area contributed by atoms with Crippen molar-refractivity contribution in [1.82, 2.24) is 0 Å². The largest absolute Gasteiger partial charge is 0.460 e. The first kappa shape index (κ1) is 18.4. The lowest BCUT2D eigenvalue weighted by molar-refractivity contribution is 0.0734. The third-order valence-electron chi connectivity index (χ3n) is 4.23. The summed E-state index contributed by atoms with van der Waals surface area (Å²) < 4.78 is 29.6. The summed E-state index contributed by atoms with van der Waals surface area (Å²) in [5.74, 6) is -0.522. The fourth-order valence-electron chi connectivity index (χ4n) is 2.74. The van der Waals surface area contributed by atoms with E-state index in [1.54, 1.807) is 12.1 Å². The Balaban J connectivity index is 1.59. The summed E-state index contributed by atoms with van der Waals surface area (Å²) in [5, 5.41) is 0.278. The minimum Gasteiger partial charge on any atom is -0.460 e. The second-order valence-corrected chi connectivity index (χ2v) is 6.40. The second-order valence-electron chi connectivity index (χ2n) is 6.40. The van der Waals surface area contributed by atoms with E-state index in [9.17, 15) is 14.0 Å². The van der Waals surface area contributed by atoms with Crippen molar-refractivity contribution in [3.8, 4) is 17.2 Å². The van der Waals surface area contributed by atoms with E-state index in [4.69, 9.17) is 13.9 Å². The molecule has 5 nitrogen and oxygen atoms in total. The van der Waals surface area contributed by atoms with Crippen LogP contribution in [0.4, 0.5) is 4.39 Å². The molecular formula is C23H15FO5. The van der Waals surface area contributed by atoms with Crippen molar-refractivity contribution in [2.45, 2.75) is 6.92 Å². The predicted octanol–water partition coefficient (Wildman–Crippen LogP) is 5.25. The Morgan fingerprint density at radius 3 is 2.48 bits per heavy atom. The van der Waals surface area contributed by atoms with Gasteiger partial charge in [-0.3, -0.25) is 4.79 Å². The molecule has 0 radical (unpaired) electrons. The molecule has 0 N–H and O–H groups in total. The molecule has 3 aromatic carbocycles. The highest BCUT2D eigenvalue weighted by Gasteiger charge is 2.13. The minimum absolute atomic E-state index is 0.0471. The van der Waals surface area contributed by atoms with Crippen molar-refractivity contribution in [3.63, 3.8) is 0 Å². The monoisotopic (exact) mass is 390 g/mol. The summed E-state index contributed by atoms with van der Waals surface area (Å²) >= 11 is 0. The molecule has 0 aliphatic carbocycles. The Bertz CT molecular complexity index is 1260. The van der Waals surface area contributed by atoms with E-state index in [-0.39, 0.29) is 33.5 Å². The normalized spacial score (nSPS) is 10.7. The van der Waals surface area contributed by atoms with Crippen LogP contribution in [0.5, 0.6) is 17.2 Å². The third kappa shape index (κ3) is 4.01. The number of rotatable bonds is 4. The van der Waals surface area contributed by atoms with Gasteiger partial charge in [0.15, 0.2) is 0 Å². The van der Waals surface area contributed by atoms with Crippen molar-refractivity contribution >= 4 is 16.9 Å². The van der Waals surface area contributed by atoms with Gasteiger partial charge in [-0.1, -0.05) is 23.8 Å². The molecule has 0 saturated carbocycles. The minimum atomic E-state index is -0.717. The van der Waals surface area contributed by atoms with Gasteiger partial charge >= 0.3 is 5.97 Å². The zero-order valence-corrected chi connectivity index (χ0v) is 15.3. The van der Waals surface area contributed by atoms with Crippen LogP contribution < -0.4 is 14.9 Å². The first-order chi connectivity index (χ1) is 14.0. The van der Waals surface area contributed by atoms with Crippen LogP contribution in [0.1, 0.15) is 15.9 Å². The molecule has 0 spiro atoms. The van der Waals surface area contributed by atoms with Crippen LogP contribution in [-0.4, -0.2) is 5.97 Å². The lowest BCUT2D eigenvalue weighted by atomic mass is 10.2. The Labute approximate surface area is 164 Å². The SMILES string of the molecule is Cc1ccc(Oc2coc3cc(OC(=O)c4cccc(F)c4)ccc3c2=O)cc1. The van der Waals surface area contributed by atoms with Crippen molar-refractivity contribution < 1.29 is 23.1 Å². The molecule has 6 heteroatoms. The maximum atomic E-state index is 13.3. The Kier molecular flexibility index (Phi) is 4.83. The molecule has 0 saturated heterocycles. The lowest BCUT2D eigenvalue weighted by Crippen LogP contribution is -2.09. The number of carbonyl (C=O) groups excluding carboxylic acids is 1. The molecule has 1 heterocycles. The number of esters is 1. The standard InChI is InChI=1S/C23H15FO5/c1-14-5-7-17(8-6-14)28-21-13-27-20-12-18(9-10-19(20)22(21)25)29-23(26)15-3-2-4-16(24)11-15/h2-13H,1H3. The van der Waals surface area contributed by atoms with Crippen molar-refractivity contribution in [1.29, 1.82) is 0 Å². The molecule has 29 heavy (non-hydrogen) atoms. The van der Waals surface area contributed by atoms with Gasteiger partial charge in [0.05, 0.1) is 10.9 Å². The van der Waals surface area contributed by atoms with Gasteiger partial charge in [-0.25, -0.2) is 9.18 Å². The molecule has 4 rings (SSSR count). The average Bonchev–Trinajstić information content (AvgIpc) is 2.72. The summed E-state index contributed by atoms with van der Waals surface area (Å²) in [6.45, 7) is 1.95. The van der Waals surface area contributed by atoms with E-state index >= 15 is 0 Å². The second kappa shape index (κ2) is 7.59. The molecular weight excluding hydrogens is 375 g/mol. The van der Waals surface area contributed by atoms with E-state index in [0.717, 1.165) is 11.6 Å². The maximum Gasteiger partial charge on any atom is 0.343 e. The Morgan fingerprint density at radius 1 is 0.966 bits per heavy atom. The first-order valence-corrected chi connectivity index (χ1v) is 8.77. The molecule has 0 unspecified atom stereocenters. The van der Waals surface area contributed by atoms with Gasteiger partial charge in [-0.15, -0.1) is 0 Å². The molecule has 4 aromatic rings. The molecule has 0 atom stereocenters. The number of halogens is 1. The summed E-state index contributed by atoms with van der Waals surface area (Å²) in [6, 6.07) is 16.8. The third-order valence-corrected chi connectivity index (χ3v) is 4.23. The van der Waals surface area contributed by atoms with Gasteiger partial charge < -0.3 is 13.9 Å². The molecule has 1 aromatic heterocycles.